The van der Waals surface area contributed by atoms with Crippen molar-refractivity contribution in [1.82, 2.24) is 10.6 Å². The standard InChI is InChI=1S/C11H15N5O2/c12-10(13)16-11(14)15-4-3-7-1-2-8-9(5-7)18-6-17-8/h1-2,5H,3-4,6H2,(H6,12,13,14,15,16). The van der Waals surface area contributed by atoms with Crippen LogP contribution < -0.4 is 25.8 Å². The molecule has 7 nitrogen and oxygen atoms in total. The molecule has 0 amide bonds. The number of benzene rings is 1. The van der Waals surface area contributed by atoms with Gasteiger partial charge >= 0.3 is 0 Å². The Morgan fingerprint density at radius 3 is 2.83 bits per heavy atom. The highest BCUT2D eigenvalue weighted by Gasteiger charge is 2.12. The highest BCUT2D eigenvalue weighted by molar-refractivity contribution is 5.94. The van der Waals surface area contributed by atoms with Crippen LogP contribution in [0.3, 0.4) is 0 Å². The van der Waals surface area contributed by atoms with Gasteiger partial charge in [-0.15, -0.1) is 0 Å². The van der Waals surface area contributed by atoms with Crippen molar-refractivity contribution < 1.29 is 9.47 Å². The van der Waals surface area contributed by atoms with Gasteiger partial charge in [0.1, 0.15) is 0 Å². The molecule has 0 atom stereocenters. The van der Waals surface area contributed by atoms with Crippen molar-refractivity contribution in [2.45, 2.75) is 6.42 Å². The number of nitrogens with one attached hydrogen (secondary N) is 4. The molecule has 0 aliphatic carbocycles. The van der Waals surface area contributed by atoms with Crippen molar-refractivity contribution in [3.63, 3.8) is 0 Å². The van der Waals surface area contributed by atoms with Gasteiger partial charge in [0.05, 0.1) is 0 Å². The van der Waals surface area contributed by atoms with Crippen LogP contribution in [0.5, 0.6) is 11.5 Å². The number of ether oxygens (including phenoxy) is 2. The predicted molar refractivity (Wildman–Crippen MR) is 67.0 cm³/mol. The SMILES string of the molecule is N=C(N)NC(=N)NCCc1ccc2c(c1)OCO2. The Kier molecular flexibility index (Phi) is 3.52. The van der Waals surface area contributed by atoms with E-state index >= 15 is 0 Å². The second-order valence-electron chi connectivity index (χ2n) is 3.78. The zero-order valence-electron chi connectivity index (χ0n) is 9.75. The number of hydrogen-bond donors (Lipinski definition) is 5. The number of guanidine groups is 2. The van der Waals surface area contributed by atoms with E-state index in [1.165, 1.54) is 0 Å². The van der Waals surface area contributed by atoms with Crippen LogP contribution in [0.4, 0.5) is 0 Å². The molecule has 1 aromatic carbocycles. The zero-order chi connectivity index (χ0) is 13.0. The minimum atomic E-state index is -0.254. The molecule has 0 radical (unpaired) electrons. The largest absolute Gasteiger partial charge is 0.454 e. The summed E-state index contributed by atoms with van der Waals surface area (Å²) in [6, 6.07) is 5.75. The summed E-state index contributed by atoms with van der Waals surface area (Å²) in [6.07, 6.45) is 0.735. The summed E-state index contributed by atoms with van der Waals surface area (Å²) in [6.45, 7) is 0.836. The highest BCUT2D eigenvalue weighted by Crippen LogP contribution is 2.32. The monoisotopic (exact) mass is 249 g/mol. The van der Waals surface area contributed by atoms with Gasteiger partial charge in [-0.05, 0) is 24.1 Å². The van der Waals surface area contributed by atoms with Crippen LogP contribution in [-0.4, -0.2) is 25.3 Å². The van der Waals surface area contributed by atoms with Crippen LogP contribution in [0.2, 0.25) is 0 Å². The molecule has 7 heteroatoms. The van der Waals surface area contributed by atoms with Crippen LogP contribution in [0.15, 0.2) is 18.2 Å². The molecule has 0 spiro atoms. The molecule has 0 bridgehead atoms. The van der Waals surface area contributed by atoms with Gasteiger partial charge in [-0.1, -0.05) is 6.07 Å². The maximum Gasteiger partial charge on any atom is 0.231 e. The molecule has 0 fully saturated rings. The van der Waals surface area contributed by atoms with E-state index in [0.717, 1.165) is 23.5 Å². The summed E-state index contributed by atoms with van der Waals surface area (Å²) in [7, 11) is 0. The maximum absolute atomic E-state index is 7.42. The Bertz CT molecular complexity index is 475. The summed E-state index contributed by atoms with van der Waals surface area (Å²) in [5.74, 6) is 1.28. The normalized spacial score (nSPS) is 12.0. The molecule has 0 saturated carbocycles. The van der Waals surface area contributed by atoms with Crippen LogP contribution >= 0.6 is 0 Å². The van der Waals surface area contributed by atoms with Crippen LogP contribution in [0, 0.1) is 10.8 Å². The van der Waals surface area contributed by atoms with Gasteiger partial charge in [0, 0.05) is 6.54 Å². The fourth-order valence-corrected chi connectivity index (χ4v) is 1.61. The first-order valence-corrected chi connectivity index (χ1v) is 5.47. The van der Waals surface area contributed by atoms with Crippen LogP contribution in [-0.2, 0) is 6.42 Å². The predicted octanol–water partition coefficient (Wildman–Crippen LogP) is -0.0348. The lowest BCUT2D eigenvalue weighted by atomic mass is 10.1. The summed E-state index contributed by atoms with van der Waals surface area (Å²) in [5.41, 5.74) is 6.18. The second-order valence-corrected chi connectivity index (χ2v) is 3.78. The molecule has 0 unspecified atom stereocenters. The van der Waals surface area contributed by atoms with Gasteiger partial charge in [-0.3, -0.25) is 16.1 Å². The Morgan fingerprint density at radius 2 is 2.06 bits per heavy atom. The van der Waals surface area contributed by atoms with E-state index in [-0.39, 0.29) is 18.7 Å². The number of hydrogen-bond acceptors (Lipinski definition) is 4. The van der Waals surface area contributed by atoms with Gasteiger partial charge in [0.2, 0.25) is 6.79 Å². The first kappa shape index (κ1) is 12.0. The summed E-state index contributed by atoms with van der Waals surface area (Å²) >= 11 is 0. The van der Waals surface area contributed by atoms with Crippen LogP contribution in [0.1, 0.15) is 5.56 Å². The van der Waals surface area contributed by atoms with Crippen molar-refractivity contribution in [1.29, 1.82) is 10.8 Å². The summed E-state index contributed by atoms with van der Waals surface area (Å²) in [5, 5.41) is 19.6. The lowest BCUT2D eigenvalue weighted by molar-refractivity contribution is 0.174. The third kappa shape index (κ3) is 3.03. The smallest absolute Gasteiger partial charge is 0.231 e. The van der Waals surface area contributed by atoms with E-state index in [9.17, 15) is 0 Å². The lowest BCUT2D eigenvalue weighted by Gasteiger charge is -2.08. The molecule has 96 valence electrons. The van der Waals surface area contributed by atoms with Gasteiger partial charge in [0.25, 0.3) is 0 Å². The van der Waals surface area contributed by atoms with Crippen molar-refractivity contribution >= 4 is 11.9 Å². The summed E-state index contributed by atoms with van der Waals surface area (Å²) in [4.78, 5) is 0. The first-order valence-electron chi connectivity index (χ1n) is 5.47. The topological polar surface area (TPSA) is 116 Å². The minimum Gasteiger partial charge on any atom is -0.454 e. The fourth-order valence-electron chi connectivity index (χ4n) is 1.61. The Balaban J connectivity index is 1.80. The molecule has 0 aromatic heterocycles. The molecule has 0 saturated heterocycles. The molecule has 18 heavy (non-hydrogen) atoms. The number of nitrogens with two attached hydrogens (primary N) is 1. The van der Waals surface area contributed by atoms with Gasteiger partial charge in [0.15, 0.2) is 23.4 Å². The molecule has 1 aromatic rings. The van der Waals surface area contributed by atoms with Crippen molar-refractivity contribution in [3.05, 3.63) is 23.8 Å². The molecule has 6 N–H and O–H groups in total. The average molecular weight is 249 g/mol. The number of fused-ring (bicyclic) bond motifs is 1. The minimum absolute atomic E-state index is 0.0169. The van der Waals surface area contributed by atoms with Crippen molar-refractivity contribution in [2.75, 3.05) is 13.3 Å². The first-order chi connectivity index (χ1) is 8.65. The molecule has 1 aliphatic rings. The fraction of sp³-hybridized carbons (Fsp3) is 0.273. The third-order valence-electron chi connectivity index (χ3n) is 2.41. The molecular weight excluding hydrogens is 234 g/mol. The Morgan fingerprint density at radius 1 is 1.28 bits per heavy atom. The second kappa shape index (κ2) is 5.26. The van der Waals surface area contributed by atoms with E-state index in [1.807, 2.05) is 18.2 Å². The van der Waals surface area contributed by atoms with Crippen molar-refractivity contribution in [2.24, 2.45) is 5.73 Å². The van der Waals surface area contributed by atoms with E-state index < -0.39 is 0 Å². The average Bonchev–Trinajstić information content (AvgIpc) is 2.75. The van der Waals surface area contributed by atoms with Gasteiger partial charge < -0.3 is 20.5 Å². The van der Waals surface area contributed by atoms with E-state index in [2.05, 4.69) is 10.6 Å². The maximum atomic E-state index is 7.42. The zero-order valence-corrected chi connectivity index (χ0v) is 9.75. The third-order valence-corrected chi connectivity index (χ3v) is 2.41. The van der Waals surface area contributed by atoms with E-state index in [4.69, 9.17) is 26.0 Å². The molecule has 1 aliphatic heterocycles. The Hall–Kier alpha value is -2.44. The summed E-state index contributed by atoms with van der Waals surface area (Å²) < 4.78 is 10.5. The number of rotatable bonds is 3. The lowest BCUT2D eigenvalue weighted by Crippen LogP contribution is -2.43. The molecule has 2 rings (SSSR count). The highest BCUT2D eigenvalue weighted by atomic mass is 16.7. The van der Waals surface area contributed by atoms with Gasteiger partial charge in [-0.25, -0.2) is 0 Å². The quantitative estimate of drug-likeness (QED) is 0.381. The Labute approximate surface area is 104 Å². The molecule has 1 heterocycles. The van der Waals surface area contributed by atoms with E-state index in [0.29, 0.717) is 6.54 Å². The van der Waals surface area contributed by atoms with Gasteiger partial charge in [-0.2, -0.15) is 0 Å². The van der Waals surface area contributed by atoms with Crippen molar-refractivity contribution in [3.8, 4) is 11.5 Å². The molecular formula is C11H15N5O2. The van der Waals surface area contributed by atoms with Crippen LogP contribution in [0.25, 0.3) is 0 Å². The van der Waals surface area contributed by atoms with E-state index in [1.54, 1.807) is 0 Å².